The van der Waals surface area contributed by atoms with Gasteiger partial charge in [0.05, 0.1) is 6.42 Å². The minimum absolute atomic E-state index is 0.0925. The molecule has 0 aliphatic carbocycles. The number of aromatic nitrogens is 2. The molecule has 0 aliphatic rings. The van der Waals surface area contributed by atoms with Gasteiger partial charge < -0.3 is 4.57 Å². The normalized spacial score (nSPS) is 10.5. The summed E-state index contributed by atoms with van der Waals surface area (Å²) < 4.78 is 2.88. The van der Waals surface area contributed by atoms with Crippen molar-refractivity contribution in [2.24, 2.45) is 7.05 Å². The molecule has 1 heterocycles. The van der Waals surface area contributed by atoms with Crippen LogP contribution in [-0.2, 0) is 13.5 Å². The van der Waals surface area contributed by atoms with E-state index in [0.29, 0.717) is 6.42 Å². The first-order chi connectivity index (χ1) is 8.08. The monoisotopic (exact) mass is 292 g/mol. The number of halogens is 1. The Morgan fingerprint density at radius 3 is 2.82 bits per heavy atom. The number of nitrogens with zero attached hydrogens (tertiary/aromatic N) is 2. The average molecular weight is 293 g/mol. The van der Waals surface area contributed by atoms with Crippen LogP contribution in [0.25, 0.3) is 0 Å². The summed E-state index contributed by atoms with van der Waals surface area (Å²) in [7, 11) is 1.89. The van der Waals surface area contributed by atoms with Crippen LogP contribution in [0.1, 0.15) is 21.7 Å². The second-order valence-electron chi connectivity index (χ2n) is 4.02. The van der Waals surface area contributed by atoms with Crippen molar-refractivity contribution in [1.29, 1.82) is 0 Å². The Kier molecular flexibility index (Phi) is 3.43. The van der Waals surface area contributed by atoms with Gasteiger partial charge in [0.2, 0.25) is 0 Å². The van der Waals surface area contributed by atoms with Crippen LogP contribution in [0.4, 0.5) is 0 Å². The van der Waals surface area contributed by atoms with Crippen LogP contribution in [0, 0.1) is 6.92 Å². The summed E-state index contributed by atoms with van der Waals surface area (Å²) in [5.41, 5.74) is 1.80. The molecule has 4 heteroatoms. The van der Waals surface area contributed by atoms with Gasteiger partial charge in [-0.3, -0.25) is 4.79 Å². The van der Waals surface area contributed by atoms with Gasteiger partial charge in [-0.2, -0.15) is 0 Å². The Bertz CT molecular complexity index is 560. The van der Waals surface area contributed by atoms with Crippen LogP contribution in [-0.4, -0.2) is 15.3 Å². The van der Waals surface area contributed by atoms with Crippen molar-refractivity contribution in [2.75, 3.05) is 0 Å². The van der Waals surface area contributed by atoms with Crippen molar-refractivity contribution in [3.63, 3.8) is 0 Å². The van der Waals surface area contributed by atoms with Crippen LogP contribution in [0.15, 0.2) is 35.1 Å². The smallest absolute Gasteiger partial charge is 0.170 e. The van der Waals surface area contributed by atoms with Crippen LogP contribution in [0.3, 0.4) is 0 Å². The van der Waals surface area contributed by atoms with Gasteiger partial charge in [0.15, 0.2) is 5.78 Å². The molecule has 0 amide bonds. The van der Waals surface area contributed by atoms with Gasteiger partial charge in [0.25, 0.3) is 0 Å². The summed E-state index contributed by atoms with van der Waals surface area (Å²) in [5, 5.41) is 0. The second kappa shape index (κ2) is 4.84. The summed E-state index contributed by atoms with van der Waals surface area (Å²) in [4.78, 5) is 16.2. The number of carbonyl (C=O) groups excluding carboxylic acids is 1. The van der Waals surface area contributed by atoms with E-state index in [1.165, 1.54) is 0 Å². The molecule has 1 aromatic carbocycles. The molecular formula is C13H13BrN2O. The number of hydrogen-bond donors (Lipinski definition) is 0. The molecule has 0 unspecified atom stereocenters. The molecule has 0 saturated heterocycles. The second-order valence-corrected chi connectivity index (χ2v) is 4.87. The fourth-order valence-electron chi connectivity index (χ4n) is 1.63. The molecule has 3 nitrogen and oxygen atoms in total. The first-order valence-electron chi connectivity index (χ1n) is 5.33. The van der Waals surface area contributed by atoms with E-state index in [2.05, 4.69) is 20.9 Å². The highest BCUT2D eigenvalue weighted by molar-refractivity contribution is 9.10. The maximum Gasteiger partial charge on any atom is 0.170 e. The molecule has 1 aromatic heterocycles. The van der Waals surface area contributed by atoms with Crippen LogP contribution < -0.4 is 0 Å². The number of carbonyl (C=O) groups is 1. The Balaban J connectivity index is 2.20. The van der Waals surface area contributed by atoms with Gasteiger partial charge in [0, 0.05) is 29.5 Å². The molecule has 88 valence electrons. The van der Waals surface area contributed by atoms with E-state index in [4.69, 9.17) is 0 Å². The highest BCUT2D eigenvalue weighted by Crippen LogP contribution is 2.18. The predicted molar refractivity (Wildman–Crippen MR) is 70.1 cm³/mol. The van der Waals surface area contributed by atoms with Gasteiger partial charge in [-0.1, -0.05) is 22.0 Å². The van der Waals surface area contributed by atoms with Crippen LogP contribution in [0.5, 0.6) is 0 Å². The number of ketones is 1. The van der Waals surface area contributed by atoms with Crippen molar-refractivity contribution in [3.05, 3.63) is 52.0 Å². The number of hydrogen-bond acceptors (Lipinski definition) is 2. The number of rotatable bonds is 3. The molecule has 2 rings (SSSR count). The molecule has 0 aliphatic heterocycles. The fraction of sp³-hybridized carbons (Fsp3) is 0.231. The van der Waals surface area contributed by atoms with Crippen molar-refractivity contribution in [2.45, 2.75) is 13.3 Å². The third-order valence-corrected chi connectivity index (χ3v) is 3.61. The standard InChI is InChI=1S/C13H13BrN2O/c1-9-7-10(3-4-11(9)14)12(17)8-13-15-5-6-16(13)2/h3-7H,8H2,1-2H3. The third kappa shape index (κ3) is 2.64. The molecule has 0 spiro atoms. The lowest BCUT2D eigenvalue weighted by Gasteiger charge is -2.04. The van der Waals surface area contributed by atoms with E-state index >= 15 is 0 Å². The Hall–Kier alpha value is -1.42. The van der Waals surface area contributed by atoms with Gasteiger partial charge in [-0.15, -0.1) is 0 Å². The highest BCUT2D eigenvalue weighted by atomic mass is 79.9. The first-order valence-corrected chi connectivity index (χ1v) is 6.13. The van der Waals surface area contributed by atoms with Crippen LogP contribution >= 0.6 is 15.9 Å². The van der Waals surface area contributed by atoms with Crippen molar-refractivity contribution in [3.8, 4) is 0 Å². The summed E-state index contributed by atoms with van der Waals surface area (Å²) in [5.74, 6) is 0.880. The Labute approximate surface area is 109 Å². The molecule has 0 atom stereocenters. The molecule has 0 saturated carbocycles. The minimum Gasteiger partial charge on any atom is -0.338 e. The number of benzene rings is 1. The summed E-state index contributed by atoms with van der Waals surface area (Å²) in [6.07, 6.45) is 3.88. The zero-order valence-electron chi connectivity index (χ0n) is 9.77. The maximum atomic E-state index is 12.1. The zero-order valence-corrected chi connectivity index (χ0v) is 11.4. The van der Waals surface area contributed by atoms with Crippen LogP contribution in [0.2, 0.25) is 0 Å². The topological polar surface area (TPSA) is 34.9 Å². The Morgan fingerprint density at radius 2 is 2.24 bits per heavy atom. The molecule has 0 N–H and O–H groups in total. The van der Waals surface area contributed by atoms with E-state index in [0.717, 1.165) is 21.4 Å². The predicted octanol–water partition coefficient (Wildman–Crippen LogP) is 2.92. The lowest BCUT2D eigenvalue weighted by Crippen LogP contribution is -2.08. The largest absolute Gasteiger partial charge is 0.338 e. The molecule has 17 heavy (non-hydrogen) atoms. The van der Waals surface area contributed by atoms with Gasteiger partial charge in [-0.25, -0.2) is 4.98 Å². The molecule has 0 fully saturated rings. The van der Waals surface area contributed by atoms with Crippen molar-refractivity contribution >= 4 is 21.7 Å². The zero-order chi connectivity index (χ0) is 12.4. The van der Waals surface area contributed by atoms with E-state index in [1.807, 2.05) is 42.9 Å². The van der Waals surface area contributed by atoms with Crippen molar-refractivity contribution < 1.29 is 4.79 Å². The highest BCUT2D eigenvalue weighted by Gasteiger charge is 2.10. The SMILES string of the molecule is Cc1cc(C(=O)Cc2nccn2C)ccc1Br. The van der Waals surface area contributed by atoms with Gasteiger partial charge in [-0.05, 0) is 24.6 Å². The van der Waals surface area contributed by atoms with Gasteiger partial charge >= 0.3 is 0 Å². The van der Waals surface area contributed by atoms with Crippen molar-refractivity contribution in [1.82, 2.24) is 9.55 Å². The number of Topliss-reactive ketones (excluding diaryl/α,β-unsaturated/α-hetero) is 1. The van der Waals surface area contributed by atoms with E-state index in [1.54, 1.807) is 6.20 Å². The number of aryl methyl sites for hydroxylation is 2. The minimum atomic E-state index is 0.0925. The van der Waals surface area contributed by atoms with E-state index in [9.17, 15) is 4.79 Å². The summed E-state index contributed by atoms with van der Waals surface area (Å²) >= 11 is 3.42. The first kappa shape index (κ1) is 12.0. The Morgan fingerprint density at radius 1 is 1.47 bits per heavy atom. The van der Waals surface area contributed by atoms with Gasteiger partial charge in [0.1, 0.15) is 5.82 Å². The average Bonchev–Trinajstić information content (AvgIpc) is 2.68. The lowest BCUT2D eigenvalue weighted by atomic mass is 10.1. The lowest BCUT2D eigenvalue weighted by molar-refractivity contribution is 0.0990. The molecular weight excluding hydrogens is 280 g/mol. The fourth-order valence-corrected chi connectivity index (χ4v) is 1.88. The van der Waals surface area contributed by atoms with E-state index in [-0.39, 0.29) is 5.78 Å². The number of imidazole rings is 1. The maximum absolute atomic E-state index is 12.1. The summed E-state index contributed by atoms with van der Waals surface area (Å²) in [6, 6.07) is 5.64. The molecule has 0 bridgehead atoms. The quantitative estimate of drug-likeness (QED) is 0.816. The molecule has 2 aromatic rings. The summed E-state index contributed by atoms with van der Waals surface area (Å²) in [6.45, 7) is 1.97. The molecule has 0 radical (unpaired) electrons. The third-order valence-electron chi connectivity index (χ3n) is 2.72. The van der Waals surface area contributed by atoms with E-state index < -0.39 is 0 Å².